The summed E-state index contributed by atoms with van der Waals surface area (Å²) >= 11 is 0. The lowest BCUT2D eigenvalue weighted by Crippen LogP contribution is -2.16. The van der Waals surface area contributed by atoms with Crippen molar-refractivity contribution in [2.24, 2.45) is 7.05 Å². The number of anilines is 2. The molecule has 8 heteroatoms. The number of halogens is 1. The Morgan fingerprint density at radius 1 is 1.35 bits per heavy atom. The van der Waals surface area contributed by atoms with Crippen LogP contribution in [-0.2, 0) is 17.1 Å². The molecule has 0 saturated carbocycles. The van der Waals surface area contributed by atoms with E-state index in [1.807, 2.05) is 0 Å². The van der Waals surface area contributed by atoms with Crippen molar-refractivity contribution in [1.82, 2.24) is 9.78 Å². The fourth-order valence-electron chi connectivity index (χ4n) is 1.96. The first-order valence-corrected chi connectivity index (χ1v) is 7.28. The monoisotopic (exact) mass is 298 g/mol. The van der Waals surface area contributed by atoms with E-state index in [-0.39, 0.29) is 16.3 Å². The second-order valence-corrected chi connectivity index (χ2v) is 6.08. The number of aryl methyl sites for hydroxylation is 2. The third-order valence-corrected chi connectivity index (χ3v) is 4.59. The number of nitrogens with two attached hydrogens (primary N) is 1. The SMILES string of the molecule is Cc1nn(C)c(C)c1S(=O)(=O)Nc1cc(F)ccc1N. The molecule has 2 rings (SSSR count). The summed E-state index contributed by atoms with van der Waals surface area (Å²) in [6.07, 6.45) is 0. The largest absolute Gasteiger partial charge is 0.397 e. The van der Waals surface area contributed by atoms with Crippen molar-refractivity contribution in [2.45, 2.75) is 18.7 Å². The average Bonchev–Trinajstić information content (AvgIpc) is 2.58. The molecule has 0 amide bonds. The lowest BCUT2D eigenvalue weighted by molar-refractivity contribution is 0.599. The molecule has 0 aliphatic heterocycles. The van der Waals surface area contributed by atoms with Gasteiger partial charge in [0.25, 0.3) is 10.0 Å². The first-order valence-electron chi connectivity index (χ1n) is 5.80. The van der Waals surface area contributed by atoms with E-state index in [2.05, 4.69) is 9.82 Å². The molecule has 0 saturated heterocycles. The van der Waals surface area contributed by atoms with Crippen molar-refractivity contribution in [3.05, 3.63) is 35.4 Å². The van der Waals surface area contributed by atoms with E-state index in [0.717, 1.165) is 12.1 Å². The smallest absolute Gasteiger partial charge is 0.265 e. The highest BCUT2D eigenvalue weighted by Gasteiger charge is 2.24. The number of benzene rings is 1. The zero-order valence-corrected chi connectivity index (χ0v) is 12.1. The molecular formula is C12H15FN4O2S. The maximum Gasteiger partial charge on any atom is 0.265 e. The van der Waals surface area contributed by atoms with Crippen LogP contribution in [0.5, 0.6) is 0 Å². The van der Waals surface area contributed by atoms with Gasteiger partial charge in [0.2, 0.25) is 0 Å². The molecule has 108 valence electrons. The molecule has 3 N–H and O–H groups in total. The van der Waals surface area contributed by atoms with Crippen molar-refractivity contribution in [3.8, 4) is 0 Å². The van der Waals surface area contributed by atoms with Gasteiger partial charge in [-0.15, -0.1) is 0 Å². The number of rotatable bonds is 3. The summed E-state index contributed by atoms with van der Waals surface area (Å²) in [5, 5.41) is 4.05. The highest BCUT2D eigenvalue weighted by atomic mass is 32.2. The quantitative estimate of drug-likeness (QED) is 0.841. The van der Waals surface area contributed by atoms with E-state index in [0.29, 0.717) is 11.4 Å². The van der Waals surface area contributed by atoms with Crippen LogP contribution in [0.4, 0.5) is 15.8 Å². The van der Waals surface area contributed by atoms with E-state index in [1.54, 1.807) is 20.9 Å². The van der Waals surface area contributed by atoms with E-state index in [4.69, 9.17) is 5.73 Å². The van der Waals surface area contributed by atoms with Gasteiger partial charge >= 0.3 is 0 Å². The van der Waals surface area contributed by atoms with Crippen LogP contribution in [-0.4, -0.2) is 18.2 Å². The second kappa shape index (κ2) is 4.78. The topological polar surface area (TPSA) is 90.0 Å². The third-order valence-electron chi connectivity index (χ3n) is 2.97. The molecular weight excluding hydrogens is 283 g/mol. The fourth-order valence-corrected chi connectivity index (χ4v) is 3.47. The number of sulfonamides is 1. The van der Waals surface area contributed by atoms with Gasteiger partial charge in [0, 0.05) is 13.1 Å². The standard InChI is InChI=1S/C12H15FN4O2S/c1-7-12(8(2)17(3)15-7)20(18,19)16-11-6-9(13)4-5-10(11)14/h4-6,16H,14H2,1-3H3. The lowest BCUT2D eigenvalue weighted by Gasteiger charge is -2.10. The van der Waals surface area contributed by atoms with Gasteiger partial charge < -0.3 is 5.73 Å². The van der Waals surface area contributed by atoms with Gasteiger partial charge in [-0.1, -0.05) is 0 Å². The van der Waals surface area contributed by atoms with Gasteiger partial charge in [-0.05, 0) is 26.0 Å². The minimum atomic E-state index is -3.87. The number of hydrogen-bond donors (Lipinski definition) is 2. The van der Waals surface area contributed by atoms with Crippen molar-refractivity contribution < 1.29 is 12.8 Å². The van der Waals surface area contributed by atoms with E-state index < -0.39 is 15.8 Å². The molecule has 0 unspecified atom stereocenters. The van der Waals surface area contributed by atoms with Crippen molar-refractivity contribution >= 4 is 21.4 Å². The molecule has 1 aromatic heterocycles. The number of aromatic nitrogens is 2. The summed E-state index contributed by atoms with van der Waals surface area (Å²) in [6, 6.07) is 3.50. The Labute approximate surface area is 116 Å². The Morgan fingerprint density at radius 3 is 2.55 bits per heavy atom. The highest BCUT2D eigenvalue weighted by molar-refractivity contribution is 7.92. The Balaban J connectivity index is 2.49. The van der Waals surface area contributed by atoms with Crippen LogP contribution in [0.15, 0.2) is 23.1 Å². The van der Waals surface area contributed by atoms with E-state index in [1.165, 1.54) is 10.7 Å². The molecule has 0 bridgehead atoms. The van der Waals surface area contributed by atoms with Crippen molar-refractivity contribution in [3.63, 3.8) is 0 Å². The first kappa shape index (κ1) is 14.3. The van der Waals surface area contributed by atoms with Gasteiger partial charge in [0.1, 0.15) is 10.7 Å². The van der Waals surface area contributed by atoms with Gasteiger partial charge in [-0.25, -0.2) is 12.8 Å². The Bertz CT molecular complexity index is 768. The van der Waals surface area contributed by atoms with Gasteiger partial charge in [0.05, 0.1) is 22.8 Å². The second-order valence-electron chi connectivity index (χ2n) is 4.46. The summed E-state index contributed by atoms with van der Waals surface area (Å²) in [7, 11) is -2.22. The fraction of sp³-hybridized carbons (Fsp3) is 0.250. The number of hydrogen-bond acceptors (Lipinski definition) is 4. The molecule has 0 atom stereocenters. The van der Waals surface area contributed by atoms with Crippen LogP contribution in [0.1, 0.15) is 11.4 Å². The zero-order chi connectivity index (χ0) is 15.1. The number of nitrogens with zero attached hydrogens (tertiary/aromatic N) is 2. The average molecular weight is 298 g/mol. The molecule has 0 radical (unpaired) electrons. The molecule has 20 heavy (non-hydrogen) atoms. The van der Waals surface area contributed by atoms with Gasteiger partial charge in [-0.3, -0.25) is 9.40 Å². The predicted molar refractivity (Wildman–Crippen MR) is 74.3 cm³/mol. The van der Waals surface area contributed by atoms with Gasteiger partial charge in [0.15, 0.2) is 0 Å². The van der Waals surface area contributed by atoms with Crippen LogP contribution in [0, 0.1) is 19.7 Å². The van der Waals surface area contributed by atoms with Crippen LogP contribution in [0.2, 0.25) is 0 Å². The Hall–Kier alpha value is -2.09. The Morgan fingerprint density at radius 2 is 2.00 bits per heavy atom. The summed E-state index contributed by atoms with van der Waals surface area (Å²) < 4.78 is 41.7. The number of nitrogens with one attached hydrogen (secondary N) is 1. The summed E-state index contributed by atoms with van der Waals surface area (Å²) in [4.78, 5) is 0.0728. The van der Waals surface area contributed by atoms with Crippen LogP contribution < -0.4 is 10.5 Å². The minimum Gasteiger partial charge on any atom is -0.397 e. The maximum absolute atomic E-state index is 13.2. The van der Waals surface area contributed by atoms with E-state index in [9.17, 15) is 12.8 Å². The van der Waals surface area contributed by atoms with Crippen LogP contribution >= 0.6 is 0 Å². The van der Waals surface area contributed by atoms with E-state index >= 15 is 0 Å². The number of nitrogen functional groups attached to an aromatic ring is 1. The zero-order valence-electron chi connectivity index (χ0n) is 11.3. The molecule has 0 fully saturated rings. The summed E-state index contributed by atoms with van der Waals surface area (Å²) in [5.41, 5.74) is 6.65. The normalized spacial score (nSPS) is 11.6. The first-order chi connectivity index (χ1) is 9.22. The van der Waals surface area contributed by atoms with Crippen molar-refractivity contribution in [2.75, 3.05) is 10.5 Å². The molecule has 6 nitrogen and oxygen atoms in total. The molecule has 1 aromatic carbocycles. The summed E-state index contributed by atoms with van der Waals surface area (Å²) in [5.74, 6) is -0.573. The van der Waals surface area contributed by atoms with Crippen LogP contribution in [0.25, 0.3) is 0 Å². The molecule has 0 aliphatic carbocycles. The van der Waals surface area contributed by atoms with Gasteiger partial charge in [-0.2, -0.15) is 5.10 Å². The molecule has 0 spiro atoms. The highest BCUT2D eigenvalue weighted by Crippen LogP contribution is 2.25. The molecule has 1 heterocycles. The van der Waals surface area contributed by atoms with Crippen molar-refractivity contribution in [1.29, 1.82) is 0 Å². The third kappa shape index (κ3) is 2.46. The lowest BCUT2D eigenvalue weighted by atomic mass is 10.3. The molecule has 2 aromatic rings. The maximum atomic E-state index is 13.2. The molecule has 0 aliphatic rings. The minimum absolute atomic E-state index is 0.00709. The predicted octanol–water partition coefficient (Wildman–Crippen LogP) is 1.56. The Kier molecular flexibility index (Phi) is 3.43. The summed E-state index contributed by atoms with van der Waals surface area (Å²) in [6.45, 7) is 3.24. The van der Waals surface area contributed by atoms with Crippen LogP contribution in [0.3, 0.4) is 0 Å².